The Morgan fingerprint density at radius 3 is 2.47 bits per heavy atom. The first-order valence-corrected chi connectivity index (χ1v) is 13.8. The number of hydrogen-bond donors (Lipinski definition) is 1. The fraction of sp³-hybridized carbons (Fsp3) is 0.212. The lowest BCUT2D eigenvalue weighted by Gasteiger charge is -2.18. The highest BCUT2D eigenvalue weighted by atomic mass is 19.3. The van der Waals surface area contributed by atoms with Crippen LogP contribution in [0.3, 0.4) is 0 Å². The largest absolute Gasteiger partial charge is 0.478 e. The van der Waals surface area contributed by atoms with Crippen molar-refractivity contribution < 1.29 is 36.6 Å². The Kier molecular flexibility index (Phi) is 7.70. The molecule has 0 atom stereocenters. The molecule has 0 radical (unpaired) electrons. The minimum Gasteiger partial charge on any atom is -0.478 e. The minimum absolute atomic E-state index is 0.0419. The minimum atomic E-state index is -2.64. The maximum Gasteiger partial charge on any atom is 0.335 e. The second kappa shape index (κ2) is 11.6. The van der Waals surface area contributed by atoms with E-state index in [-0.39, 0.29) is 83.1 Å². The molecular formula is C33H23F5N4O3. The van der Waals surface area contributed by atoms with Gasteiger partial charge in [-0.2, -0.15) is 5.26 Å². The second-order valence-corrected chi connectivity index (χ2v) is 11.0. The van der Waals surface area contributed by atoms with Gasteiger partial charge in [-0.05, 0) is 60.9 Å². The Morgan fingerprint density at radius 1 is 1.00 bits per heavy atom. The third-order valence-electron chi connectivity index (χ3n) is 7.91. The molecule has 0 saturated heterocycles. The summed E-state index contributed by atoms with van der Waals surface area (Å²) < 4.78 is 79.3. The van der Waals surface area contributed by atoms with Crippen LogP contribution in [-0.2, 0) is 19.6 Å². The molecule has 5 aromatic rings. The van der Waals surface area contributed by atoms with Crippen molar-refractivity contribution >= 4 is 17.0 Å². The van der Waals surface area contributed by atoms with Gasteiger partial charge in [0.15, 0.2) is 5.82 Å². The number of ether oxygens (including phenoxy) is 1. The van der Waals surface area contributed by atoms with Crippen LogP contribution in [0.15, 0.2) is 66.7 Å². The molecule has 1 aliphatic carbocycles. The molecule has 7 nitrogen and oxygen atoms in total. The van der Waals surface area contributed by atoms with Crippen molar-refractivity contribution in [3.05, 3.63) is 112 Å². The summed E-state index contributed by atoms with van der Waals surface area (Å²) in [7, 11) is 0. The van der Waals surface area contributed by atoms with Crippen LogP contribution >= 0.6 is 0 Å². The van der Waals surface area contributed by atoms with E-state index in [1.165, 1.54) is 41.0 Å². The van der Waals surface area contributed by atoms with Crippen molar-refractivity contribution in [2.24, 2.45) is 5.41 Å². The van der Waals surface area contributed by atoms with Crippen molar-refractivity contribution in [2.75, 3.05) is 0 Å². The average molecular weight is 619 g/mol. The number of hydrogen-bond acceptors (Lipinski definition) is 5. The van der Waals surface area contributed by atoms with Crippen LogP contribution in [0, 0.1) is 34.2 Å². The molecule has 0 bridgehead atoms. The SMILES string of the molecule is N#Cc1ccc(COc2cccc(-c3ccc(Cc4nc5c(F)cc(C(=O)O)cc5n4CC4(C(F)F)CC4)cc3F)n2)c(F)c1. The number of alkyl halides is 2. The smallest absolute Gasteiger partial charge is 0.335 e. The summed E-state index contributed by atoms with van der Waals surface area (Å²) in [4.78, 5) is 20.2. The maximum atomic E-state index is 15.4. The zero-order valence-corrected chi connectivity index (χ0v) is 23.4. The number of carboxylic acids is 1. The van der Waals surface area contributed by atoms with Crippen LogP contribution in [0.2, 0.25) is 0 Å². The molecule has 45 heavy (non-hydrogen) atoms. The number of nitriles is 1. The Balaban J connectivity index is 1.27. The molecule has 228 valence electrons. The lowest BCUT2D eigenvalue weighted by molar-refractivity contribution is 0.0514. The Labute approximate surface area is 253 Å². The fourth-order valence-corrected chi connectivity index (χ4v) is 5.17. The van der Waals surface area contributed by atoms with Gasteiger partial charge in [0.2, 0.25) is 12.3 Å². The van der Waals surface area contributed by atoms with E-state index in [0.717, 1.165) is 12.1 Å². The summed E-state index contributed by atoms with van der Waals surface area (Å²) >= 11 is 0. The van der Waals surface area contributed by atoms with Crippen molar-refractivity contribution in [2.45, 2.75) is 38.8 Å². The summed E-state index contributed by atoms with van der Waals surface area (Å²) in [6.07, 6.45) is -2.17. The quantitative estimate of drug-likeness (QED) is 0.165. The molecule has 6 rings (SSSR count). The first kappa shape index (κ1) is 29.7. The first-order chi connectivity index (χ1) is 21.6. The summed E-state index contributed by atoms with van der Waals surface area (Å²) in [6.45, 7) is -0.361. The molecule has 1 N–H and O–H groups in total. The van der Waals surface area contributed by atoms with Crippen LogP contribution in [0.25, 0.3) is 22.3 Å². The van der Waals surface area contributed by atoms with Crippen molar-refractivity contribution in [3.8, 4) is 23.2 Å². The lowest BCUT2D eigenvalue weighted by atomic mass is 10.0. The number of carboxylic acid groups (broad SMARTS) is 1. The third kappa shape index (κ3) is 5.93. The van der Waals surface area contributed by atoms with Gasteiger partial charge in [0, 0.05) is 35.6 Å². The summed E-state index contributed by atoms with van der Waals surface area (Å²) in [6, 6.07) is 16.9. The van der Waals surface area contributed by atoms with Crippen molar-refractivity contribution in [1.29, 1.82) is 5.26 Å². The van der Waals surface area contributed by atoms with Crippen LogP contribution in [0.5, 0.6) is 5.88 Å². The second-order valence-electron chi connectivity index (χ2n) is 11.0. The Bertz CT molecular complexity index is 2000. The molecule has 1 saturated carbocycles. The van der Waals surface area contributed by atoms with E-state index in [1.54, 1.807) is 18.2 Å². The maximum absolute atomic E-state index is 15.4. The van der Waals surface area contributed by atoms with Gasteiger partial charge < -0.3 is 14.4 Å². The predicted molar refractivity (Wildman–Crippen MR) is 152 cm³/mol. The number of nitrogens with zero attached hydrogens (tertiary/aromatic N) is 4. The van der Waals surface area contributed by atoms with E-state index in [4.69, 9.17) is 10.00 Å². The number of aromatic carboxylic acids is 1. The topological polar surface area (TPSA) is 101 Å². The Hall–Kier alpha value is -5.31. The molecule has 1 fully saturated rings. The molecule has 0 spiro atoms. The van der Waals surface area contributed by atoms with Gasteiger partial charge in [0.1, 0.15) is 29.6 Å². The van der Waals surface area contributed by atoms with Gasteiger partial charge in [-0.3, -0.25) is 0 Å². The molecule has 1 aliphatic rings. The highest BCUT2D eigenvalue weighted by Gasteiger charge is 2.51. The predicted octanol–water partition coefficient (Wildman–Crippen LogP) is 7.30. The van der Waals surface area contributed by atoms with E-state index < -0.39 is 35.3 Å². The highest BCUT2D eigenvalue weighted by Crippen LogP contribution is 2.52. The molecule has 0 unspecified atom stereocenters. The molecule has 2 aromatic heterocycles. The van der Waals surface area contributed by atoms with Gasteiger partial charge in [-0.15, -0.1) is 0 Å². The fourth-order valence-electron chi connectivity index (χ4n) is 5.17. The normalized spacial score (nSPS) is 13.6. The van der Waals surface area contributed by atoms with E-state index >= 15 is 4.39 Å². The number of halogens is 5. The number of pyridine rings is 1. The number of rotatable bonds is 10. The monoisotopic (exact) mass is 618 g/mol. The zero-order chi connectivity index (χ0) is 31.9. The number of benzene rings is 3. The van der Waals surface area contributed by atoms with E-state index in [1.807, 2.05) is 6.07 Å². The van der Waals surface area contributed by atoms with E-state index in [2.05, 4.69) is 9.97 Å². The molecular weight excluding hydrogens is 595 g/mol. The average Bonchev–Trinajstić information content (AvgIpc) is 3.73. The van der Waals surface area contributed by atoms with Crippen LogP contribution < -0.4 is 4.74 Å². The molecule has 2 heterocycles. The number of fused-ring (bicyclic) bond motifs is 1. The number of carbonyl (C=O) groups is 1. The first-order valence-electron chi connectivity index (χ1n) is 13.8. The molecule has 12 heteroatoms. The summed E-state index contributed by atoms with van der Waals surface area (Å²) in [5.74, 6) is -3.22. The standard InChI is InChI=1S/C33H23F5N4O3/c34-23-11-19(15-39)4-6-20(23)16-45-29-3-1-2-26(40-29)22-7-5-18(10-24(22)35)12-28-41-30-25(36)13-21(31(43)44)14-27(30)42(28)17-33(8-9-33)32(37)38/h1-7,10-11,13-14,32H,8-9,12,16-17H2,(H,43,44). The van der Waals surface area contributed by atoms with Gasteiger partial charge >= 0.3 is 5.97 Å². The third-order valence-corrected chi connectivity index (χ3v) is 7.91. The van der Waals surface area contributed by atoms with Crippen LogP contribution in [0.4, 0.5) is 22.0 Å². The molecule has 3 aromatic carbocycles. The van der Waals surface area contributed by atoms with Crippen molar-refractivity contribution in [3.63, 3.8) is 0 Å². The highest BCUT2D eigenvalue weighted by molar-refractivity contribution is 5.92. The van der Waals surface area contributed by atoms with E-state index in [0.29, 0.717) is 5.56 Å². The summed E-state index contributed by atoms with van der Waals surface area (Å²) in [5.41, 5.74) is -0.572. The summed E-state index contributed by atoms with van der Waals surface area (Å²) in [5, 5.41) is 18.3. The van der Waals surface area contributed by atoms with Gasteiger partial charge in [-0.25, -0.2) is 36.7 Å². The van der Waals surface area contributed by atoms with Crippen LogP contribution in [-0.4, -0.2) is 32.0 Å². The van der Waals surface area contributed by atoms with E-state index in [9.17, 15) is 27.5 Å². The van der Waals surface area contributed by atoms with Gasteiger partial charge in [0.05, 0.1) is 28.4 Å². The number of aromatic nitrogens is 3. The number of imidazole rings is 1. The van der Waals surface area contributed by atoms with Gasteiger partial charge in [-0.1, -0.05) is 18.2 Å². The Morgan fingerprint density at radius 2 is 1.80 bits per heavy atom. The van der Waals surface area contributed by atoms with Crippen LogP contribution in [0.1, 0.15) is 45.7 Å². The lowest BCUT2D eigenvalue weighted by Crippen LogP contribution is -2.21. The van der Waals surface area contributed by atoms with Gasteiger partial charge in [0.25, 0.3) is 0 Å². The molecule has 0 amide bonds. The molecule has 0 aliphatic heterocycles. The van der Waals surface area contributed by atoms with Crippen molar-refractivity contribution in [1.82, 2.24) is 14.5 Å². The zero-order valence-electron chi connectivity index (χ0n) is 23.4.